The summed E-state index contributed by atoms with van der Waals surface area (Å²) < 4.78 is 41.3. The van der Waals surface area contributed by atoms with Gasteiger partial charge in [0.2, 0.25) is 0 Å². The van der Waals surface area contributed by atoms with Crippen LogP contribution in [0.1, 0.15) is 5.69 Å². The van der Waals surface area contributed by atoms with Crippen molar-refractivity contribution in [1.29, 1.82) is 0 Å². The minimum atomic E-state index is -4.35. The topological polar surface area (TPSA) is 28.6 Å². The molecule has 0 saturated carbocycles. The van der Waals surface area contributed by atoms with Crippen LogP contribution in [-0.2, 0) is 0 Å². The van der Waals surface area contributed by atoms with Crippen LogP contribution >= 0.6 is 11.8 Å². The van der Waals surface area contributed by atoms with Crippen LogP contribution in [0.5, 0.6) is 5.75 Å². The van der Waals surface area contributed by atoms with Gasteiger partial charge in [0, 0.05) is 32.6 Å². The minimum Gasteiger partial charge on any atom is -0.484 e. The molecule has 21 heavy (non-hydrogen) atoms. The van der Waals surface area contributed by atoms with Crippen molar-refractivity contribution in [3.8, 4) is 5.75 Å². The Kier molecular flexibility index (Phi) is 4.55. The molecular formula is C13H16F3N3OS. The molecule has 2 rings (SSSR count). The second kappa shape index (κ2) is 6.05. The molecule has 1 unspecified atom stereocenters. The molecule has 116 valence electrons. The molecule has 0 bridgehead atoms. The first-order valence-corrected chi connectivity index (χ1v) is 7.46. The second-order valence-electron chi connectivity index (χ2n) is 4.63. The Bertz CT molecular complexity index is 536. The molecule has 0 N–H and O–H groups in total. The average molecular weight is 319 g/mol. The van der Waals surface area contributed by atoms with Crippen LogP contribution in [0.2, 0.25) is 0 Å². The van der Waals surface area contributed by atoms with Crippen molar-refractivity contribution in [3.05, 3.63) is 30.2 Å². The number of aromatic nitrogens is 1. The van der Waals surface area contributed by atoms with Gasteiger partial charge in [-0.25, -0.2) is 0 Å². The van der Waals surface area contributed by atoms with E-state index in [1.54, 1.807) is 11.8 Å². The van der Waals surface area contributed by atoms with E-state index in [4.69, 9.17) is 4.74 Å². The Morgan fingerprint density at radius 2 is 2.10 bits per heavy atom. The van der Waals surface area contributed by atoms with Crippen LogP contribution in [-0.4, -0.2) is 53.4 Å². The molecule has 0 aliphatic carbocycles. The van der Waals surface area contributed by atoms with E-state index in [1.165, 1.54) is 18.3 Å². The fourth-order valence-corrected chi connectivity index (χ4v) is 2.94. The predicted molar refractivity (Wildman–Crippen MR) is 76.6 cm³/mol. The van der Waals surface area contributed by atoms with Crippen molar-refractivity contribution in [2.75, 3.05) is 27.0 Å². The van der Waals surface area contributed by atoms with E-state index in [9.17, 15) is 13.2 Å². The lowest BCUT2D eigenvalue weighted by atomic mass is 10.2. The maximum absolute atomic E-state index is 12.2. The Morgan fingerprint density at radius 3 is 2.67 bits per heavy atom. The number of ether oxygens (including phenoxy) is 1. The highest BCUT2D eigenvalue weighted by molar-refractivity contribution is 7.99. The maximum atomic E-state index is 12.2. The number of halogens is 3. The lowest BCUT2D eigenvalue weighted by molar-refractivity contribution is -0.153. The first-order chi connectivity index (χ1) is 9.81. The molecule has 0 aromatic carbocycles. The zero-order chi connectivity index (χ0) is 15.6. The summed E-state index contributed by atoms with van der Waals surface area (Å²) in [7, 11) is 3.86. The number of thioether (sulfide) groups is 1. The van der Waals surface area contributed by atoms with Crippen LogP contribution < -0.4 is 4.74 Å². The fraction of sp³-hybridized carbons (Fsp3) is 0.462. The van der Waals surface area contributed by atoms with Gasteiger partial charge in [0.25, 0.3) is 0 Å². The van der Waals surface area contributed by atoms with Crippen molar-refractivity contribution in [2.45, 2.75) is 11.7 Å². The molecule has 0 amide bonds. The lowest BCUT2D eigenvalue weighted by Crippen LogP contribution is -2.31. The SMILES string of the molecule is CSC1N(C)C=C(c2cc(OCC(F)(F)F)ccn2)N1C. The van der Waals surface area contributed by atoms with Crippen molar-refractivity contribution in [3.63, 3.8) is 0 Å². The molecule has 8 heteroatoms. The second-order valence-corrected chi connectivity index (χ2v) is 5.53. The van der Waals surface area contributed by atoms with Crippen molar-refractivity contribution in [1.82, 2.24) is 14.8 Å². The molecule has 2 heterocycles. The van der Waals surface area contributed by atoms with Gasteiger partial charge in [-0.1, -0.05) is 0 Å². The largest absolute Gasteiger partial charge is 0.484 e. The monoisotopic (exact) mass is 319 g/mol. The highest BCUT2D eigenvalue weighted by Crippen LogP contribution is 2.32. The maximum Gasteiger partial charge on any atom is 0.422 e. The van der Waals surface area contributed by atoms with Crippen LogP contribution in [0.15, 0.2) is 24.5 Å². The lowest BCUT2D eigenvalue weighted by Gasteiger charge is -2.27. The Hall–Kier alpha value is -1.57. The smallest absolute Gasteiger partial charge is 0.422 e. The summed E-state index contributed by atoms with van der Waals surface area (Å²) in [5.41, 5.74) is 1.57. The summed E-state index contributed by atoms with van der Waals surface area (Å²) in [5.74, 6) is 0.155. The van der Waals surface area contributed by atoms with Gasteiger partial charge in [-0.3, -0.25) is 4.98 Å². The van der Waals surface area contributed by atoms with Gasteiger partial charge in [-0.15, -0.1) is 11.8 Å². The molecule has 1 aliphatic rings. The van der Waals surface area contributed by atoms with E-state index in [0.717, 1.165) is 5.70 Å². The van der Waals surface area contributed by atoms with Gasteiger partial charge in [-0.2, -0.15) is 13.2 Å². The van der Waals surface area contributed by atoms with Gasteiger partial charge < -0.3 is 14.5 Å². The highest BCUT2D eigenvalue weighted by Gasteiger charge is 2.29. The van der Waals surface area contributed by atoms with E-state index in [0.29, 0.717) is 5.69 Å². The Morgan fingerprint density at radius 1 is 1.38 bits per heavy atom. The quantitative estimate of drug-likeness (QED) is 0.851. The Balaban J connectivity index is 2.16. The third-order valence-corrected chi connectivity index (χ3v) is 4.06. The number of pyridine rings is 1. The van der Waals surface area contributed by atoms with E-state index < -0.39 is 12.8 Å². The van der Waals surface area contributed by atoms with Crippen LogP contribution in [0.4, 0.5) is 13.2 Å². The van der Waals surface area contributed by atoms with Crippen molar-refractivity contribution in [2.24, 2.45) is 0 Å². The highest BCUT2D eigenvalue weighted by atomic mass is 32.2. The third-order valence-electron chi connectivity index (χ3n) is 2.99. The normalized spacial score (nSPS) is 19.0. The predicted octanol–water partition coefficient (Wildman–Crippen LogP) is 2.84. The van der Waals surface area contributed by atoms with E-state index >= 15 is 0 Å². The van der Waals surface area contributed by atoms with Crippen LogP contribution in [0.25, 0.3) is 5.70 Å². The number of rotatable bonds is 4. The first-order valence-electron chi connectivity index (χ1n) is 6.17. The molecule has 0 saturated heterocycles. The summed E-state index contributed by atoms with van der Waals surface area (Å²) >= 11 is 1.66. The molecule has 1 atom stereocenters. The molecule has 1 aromatic heterocycles. The van der Waals surface area contributed by atoms with Crippen molar-refractivity contribution < 1.29 is 17.9 Å². The summed E-state index contributed by atoms with van der Waals surface area (Å²) in [4.78, 5) is 8.25. The fourth-order valence-electron chi connectivity index (χ4n) is 2.12. The molecule has 0 radical (unpaired) electrons. The zero-order valence-electron chi connectivity index (χ0n) is 11.9. The zero-order valence-corrected chi connectivity index (χ0v) is 12.7. The van der Waals surface area contributed by atoms with E-state index in [2.05, 4.69) is 4.98 Å². The van der Waals surface area contributed by atoms with Gasteiger partial charge >= 0.3 is 6.18 Å². The third kappa shape index (κ3) is 3.75. The van der Waals surface area contributed by atoms with Gasteiger partial charge in [0.15, 0.2) is 6.61 Å². The van der Waals surface area contributed by atoms with E-state index in [-0.39, 0.29) is 11.2 Å². The molecule has 0 fully saturated rings. The van der Waals surface area contributed by atoms with E-state index in [1.807, 2.05) is 36.4 Å². The average Bonchev–Trinajstić information content (AvgIpc) is 2.71. The van der Waals surface area contributed by atoms with Crippen LogP contribution in [0.3, 0.4) is 0 Å². The number of hydrogen-bond donors (Lipinski definition) is 0. The number of nitrogens with zero attached hydrogens (tertiary/aromatic N) is 3. The summed E-state index contributed by atoms with van der Waals surface area (Å²) in [6, 6.07) is 2.94. The standard InChI is InChI=1S/C13H16F3N3OS/c1-18-7-11(19(2)12(18)21-3)10-6-9(4-5-17-10)20-8-13(14,15)16/h4-7,12H,8H2,1-3H3. The first kappa shape index (κ1) is 15.8. The van der Waals surface area contributed by atoms with Gasteiger partial charge in [0.1, 0.15) is 11.2 Å². The molecule has 1 aromatic rings. The van der Waals surface area contributed by atoms with Crippen molar-refractivity contribution >= 4 is 17.5 Å². The summed E-state index contributed by atoms with van der Waals surface area (Å²) in [5, 5.41) is 0. The molecular weight excluding hydrogens is 303 g/mol. The number of hydrogen-bond acceptors (Lipinski definition) is 5. The Labute approximate surface area is 125 Å². The minimum absolute atomic E-state index is 0.140. The van der Waals surface area contributed by atoms with Crippen LogP contribution in [0, 0.1) is 0 Å². The number of alkyl halides is 3. The molecule has 1 aliphatic heterocycles. The summed E-state index contributed by atoms with van der Waals surface area (Å²) in [6.07, 6.45) is 1.00. The summed E-state index contributed by atoms with van der Waals surface area (Å²) in [6.45, 7) is -1.31. The molecule has 0 spiro atoms. The van der Waals surface area contributed by atoms with Gasteiger partial charge in [0.05, 0.1) is 11.4 Å². The van der Waals surface area contributed by atoms with Gasteiger partial charge in [-0.05, 0) is 12.3 Å². The molecule has 4 nitrogen and oxygen atoms in total.